The molecule has 0 aliphatic carbocycles. The summed E-state index contributed by atoms with van der Waals surface area (Å²) in [6, 6.07) is 6.10. The molecule has 6 nitrogen and oxygen atoms in total. The van der Waals surface area contributed by atoms with Gasteiger partial charge in [-0.05, 0) is 44.0 Å². The molecule has 0 aromatic heterocycles. The van der Waals surface area contributed by atoms with E-state index in [-0.39, 0.29) is 12.0 Å². The summed E-state index contributed by atoms with van der Waals surface area (Å²) < 4.78 is 5.00. The van der Waals surface area contributed by atoms with Gasteiger partial charge in [-0.25, -0.2) is 9.59 Å². The average Bonchev–Trinajstić information content (AvgIpc) is 2.91. The van der Waals surface area contributed by atoms with Crippen LogP contribution in [-0.2, 0) is 9.53 Å². The number of amides is 2. The highest BCUT2D eigenvalue weighted by atomic mass is 16.5. The number of likely N-dealkylation sites (tertiary alicyclic amines) is 1. The SMILES string of the molecule is CCOC(=O)C1CCCN1C(=O)Nc1ccc(N)cc1. The van der Waals surface area contributed by atoms with Gasteiger partial charge in [0, 0.05) is 17.9 Å². The Hall–Kier alpha value is -2.24. The number of nitrogen functional groups attached to an aromatic ring is 1. The Morgan fingerprint density at radius 3 is 2.75 bits per heavy atom. The van der Waals surface area contributed by atoms with Crippen molar-refractivity contribution in [2.45, 2.75) is 25.8 Å². The van der Waals surface area contributed by atoms with Gasteiger partial charge in [-0.15, -0.1) is 0 Å². The van der Waals surface area contributed by atoms with Crippen molar-refractivity contribution in [3.63, 3.8) is 0 Å². The van der Waals surface area contributed by atoms with Gasteiger partial charge in [0.05, 0.1) is 6.61 Å². The van der Waals surface area contributed by atoms with Gasteiger partial charge in [0.25, 0.3) is 0 Å². The topological polar surface area (TPSA) is 84.7 Å². The number of ether oxygens (including phenoxy) is 1. The van der Waals surface area contributed by atoms with Crippen LogP contribution in [0.15, 0.2) is 24.3 Å². The number of nitrogens with two attached hydrogens (primary N) is 1. The number of nitrogens with zero attached hydrogens (tertiary/aromatic N) is 1. The Morgan fingerprint density at radius 2 is 2.10 bits per heavy atom. The molecule has 20 heavy (non-hydrogen) atoms. The molecular weight excluding hydrogens is 258 g/mol. The van der Waals surface area contributed by atoms with Crippen molar-refractivity contribution in [3.05, 3.63) is 24.3 Å². The lowest BCUT2D eigenvalue weighted by Gasteiger charge is -2.23. The Kier molecular flexibility index (Phi) is 4.45. The van der Waals surface area contributed by atoms with Crippen LogP contribution in [0.3, 0.4) is 0 Å². The maximum absolute atomic E-state index is 12.2. The molecule has 1 unspecified atom stereocenters. The molecule has 3 N–H and O–H groups in total. The smallest absolute Gasteiger partial charge is 0.328 e. The number of anilines is 2. The summed E-state index contributed by atoms with van der Waals surface area (Å²) in [5, 5.41) is 2.76. The largest absolute Gasteiger partial charge is 0.464 e. The summed E-state index contributed by atoms with van der Waals surface area (Å²) in [6.45, 7) is 2.64. The molecule has 1 aliphatic heterocycles. The summed E-state index contributed by atoms with van der Waals surface area (Å²) >= 11 is 0. The van der Waals surface area contributed by atoms with E-state index in [2.05, 4.69) is 5.32 Å². The highest BCUT2D eigenvalue weighted by Gasteiger charge is 2.35. The molecule has 1 fully saturated rings. The summed E-state index contributed by atoms with van der Waals surface area (Å²) in [7, 11) is 0. The number of hydrogen-bond donors (Lipinski definition) is 2. The van der Waals surface area contributed by atoms with Crippen LogP contribution < -0.4 is 11.1 Å². The number of rotatable bonds is 3. The van der Waals surface area contributed by atoms with Crippen LogP contribution in [0, 0.1) is 0 Å². The Labute approximate surface area is 117 Å². The minimum atomic E-state index is -0.483. The third-order valence-electron chi connectivity index (χ3n) is 3.23. The van der Waals surface area contributed by atoms with Crippen molar-refractivity contribution in [1.29, 1.82) is 0 Å². The third kappa shape index (κ3) is 3.20. The minimum absolute atomic E-state index is 0.287. The molecule has 0 radical (unpaired) electrons. The Balaban J connectivity index is 2.00. The van der Waals surface area contributed by atoms with E-state index in [1.165, 1.54) is 4.90 Å². The van der Waals surface area contributed by atoms with Crippen LogP contribution in [-0.4, -0.2) is 36.1 Å². The standard InChI is InChI=1S/C14H19N3O3/c1-2-20-13(18)12-4-3-9-17(12)14(19)16-11-7-5-10(15)6-8-11/h5-8,12H,2-4,9,15H2,1H3,(H,16,19). The van der Waals surface area contributed by atoms with E-state index in [0.717, 1.165) is 6.42 Å². The van der Waals surface area contributed by atoms with Crippen molar-refractivity contribution in [3.8, 4) is 0 Å². The Bertz CT molecular complexity index is 487. The molecule has 2 rings (SSSR count). The second-order valence-electron chi connectivity index (χ2n) is 4.66. The monoisotopic (exact) mass is 277 g/mol. The van der Waals surface area contributed by atoms with E-state index in [9.17, 15) is 9.59 Å². The molecule has 1 atom stereocenters. The van der Waals surface area contributed by atoms with Crippen molar-refractivity contribution in [1.82, 2.24) is 4.90 Å². The zero-order valence-corrected chi connectivity index (χ0v) is 11.5. The van der Waals surface area contributed by atoms with Gasteiger partial charge >= 0.3 is 12.0 Å². The lowest BCUT2D eigenvalue weighted by atomic mass is 10.2. The number of nitrogens with one attached hydrogen (secondary N) is 1. The molecule has 6 heteroatoms. The molecule has 1 aromatic carbocycles. The van der Waals surface area contributed by atoms with Crippen LogP contribution >= 0.6 is 0 Å². The van der Waals surface area contributed by atoms with Gasteiger partial charge in [0.15, 0.2) is 0 Å². The molecule has 2 amide bonds. The van der Waals surface area contributed by atoms with Gasteiger partial charge < -0.3 is 20.7 Å². The molecule has 0 bridgehead atoms. The lowest BCUT2D eigenvalue weighted by molar-refractivity contribution is -0.147. The summed E-state index contributed by atoms with van der Waals surface area (Å²) in [4.78, 5) is 25.5. The zero-order chi connectivity index (χ0) is 14.5. The normalized spacial score (nSPS) is 17.9. The van der Waals surface area contributed by atoms with Crippen LogP contribution in [0.5, 0.6) is 0 Å². The molecular formula is C14H19N3O3. The summed E-state index contributed by atoms with van der Waals surface area (Å²) in [5.41, 5.74) is 6.87. The van der Waals surface area contributed by atoms with Crippen molar-refractivity contribution in [2.75, 3.05) is 24.2 Å². The highest BCUT2D eigenvalue weighted by Crippen LogP contribution is 2.20. The number of urea groups is 1. The molecule has 108 valence electrons. The second-order valence-corrected chi connectivity index (χ2v) is 4.66. The zero-order valence-electron chi connectivity index (χ0n) is 11.5. The lowest BCUT2D eigenvalue weighted by Crippen LogP contribution is -2.43. The van der Waals surface area contributed by atoms with Gasteiger partial charge in [0.2, 0.25) is 0 Å². The highest BCUT2D eigenvalue weighted by molar-refractivity contribution is 5.93. The average molecular weight is 277 g/mol. The first-order chi connectivity index (χ1) is 9.61. The maximum Gasteiger partial charge on any atom is 0.328 e. The van der Waals surface area contributed by atoms with E-state index in [1.54, 1.807) is 31.2 Å². The van der Waals surface area contributed by atoms with Crippen LogP contribution in [0.2, 0.25) is 0 Å². The van der Waals surface area contributed by atoms with Crippen LogP contribution in [0.25, 0.3) is 0 Å². The first-order valence-corrected chi connectivity index (χ1v) is 6.71. The fourth-order valence-corrected chi connectivity index (χ4v) is 2.26. The minimum Gasteiger partial charge on any atom is -0.464 e. The molecule has 1 aliphatic rings. The van der Waals surface area contributed by atoms with Crippen molar-refractivity contribution < 1.29 is 14.3 Å². The maximum atomic E-state index is 12.2. The fraction of sp³-hybridized carbons (Fsp3) is 0.429. The predicted molar refractivity (Wildman–Crippen MR) is 76.2 cm³/mol. The first-order valence-electron chi connectivity index (χ1n) is 6.71. The quantitative estimate of drug-likeness (QED) is 0.652. The molecule has 1 saturated heterocycles. The van der Waals surface area contributed by atoms with Gasteiger partial charge in [-0.3, -0.25) is 0 Å². The van der Waals surface area contributed by atoms with E-state index in [1.807, 2.05) is 0 Å². The summed E-state index contributed by atoms with van der Waals surface area (Å²) in [5.74, 6) is -0.336. The molecule has 0 saturated carbocycles. The van der Waals surface area contributed by atoms with E-state index >= 15 is 0 Å². The molecule has 1 heterocycles. The Morgan fingerprint density at radius 1 is 1.40 bits per heavy atom. The van der Waals surface area contributed by atoms with Crippen molar-refractivity contribution in [2.24, 2.45) is 0 Å². The summed E-state index contributed by atoms with van der Waals surface area (Å²) in [6.07, 6.45) is 1.45. The fourth-order valence-electron chi connectivity index (χ4n) is 2.26. The van der Waals surface area contributed by atoms with Crippen molar-refractivity contribution >= 4 is 23.4 Å². The number of carbonyl (C=O) groups excluding carboxylic acids is 2. The second kappa shape index (κ2) is 6.27. The van der Waals surface area contributed by atoms with Crippen LogP contribution in [0.1, 0.15) is 19.8 Å². The molecule has 0 spiro atoms. The predicted octanol–water partition coefficient (Wildman–Crippen LogP) is 1.83. The third-order valence-corrected chi connectivity index (χ3v) is 3.23. The van der Waals surface area contributed by atoms with E-state index in [0.29, 0.717) is 30.9 Å². The van der Waals surface area contributed by atoms with E-state index in [4.69, 9.17) is 10.5 Å². The number of esters is 1. The number of carbonyl (C=O) groups is 2. The van der Waals surface area contributed by atoms with E-state index < -0.39 is 6.04 Å². The molecule has 1 aromatic rings. The number of hydrogen-bond acceptors (Lipinski definition) is 4. The van der Waals surface area contributed by atoms with Crippen LogP contribution in [0.4, 0.5) is 16.2 Å². The number of benzene rings is 1. The van der Waals surface area contributed by atoms with Gasteiger partial charge in [-0.1, -0.05) is 0 Å². The van der Waals surface area contributed by atoms with Gasteiger partial charge in [0.1, 0.15) is 6.04 Å². The van der Waals surface area contributed by atoms with Gasteiger partial charge in [-0.2, -0.15) is 0 Å². The first kappa shape index (κ1) is 14.2.